The van der Waals surface area contributed by atoms with Gasteiger partial charge in [-0.25, -0.2) is 0 Å². The van der Waals surface area contributed by atoms with Crippen LogP contribution in [0.15, 0.2) is 48.5 Å². The molecule has 27 heavy (non-hydrogen) atoms. The highest BCUT2D eigenvalue weighted by molar-refractivity contribution is 7.20. The van der Waals surface area contributed by atoms with Crippen molar-refractivity contribution in [2.24, 2.45) is 0 Å². The topological polar surface area (TPSA) is 92.6 Å². The smallest absolute Gasteiger partial charge is 0.270 e. The molecule has 0 radical (unpaired) electrons. The number of amides is 2. The average Bonchev–Trinajstić information content (AvgIpc) is 3.06. The number of para-hydroxylation sites is 1. The minimum absolute atomic E-state index is 0.0354. The third kappa shape index (κ3) is 4.24. The predicted octanol–water partition coefficient (Wildman–Crippen LogP) is 4.17. The normalized spacial score (nSPS) is 10.6. The SMILES string of the molecule is CN(CC(=O)Nc1ccccc1Cl)C(=O)c1cc2cc([N+](=O)[O-])ccc2s1. The number of carbonyl (C=O) groups is 2. The summed E-state index contributed by atoms with van der Waals surface area (Å²) in [4.78, 5) is 36.8. The molecule has 1 aromatic heterocycles. The van der Waals surface area contributed by atoms with Crippen LogP contribution in [0.4, 0.5) is 11.4 Å². The van der Waals surface area contributed by atoms with Crippen LogP contribution >= 0.6 is 22.9 Å². The van der Waals surface area contributed by atoms with Crippen LogP contribution in [0.5, 0.6) is 0 Å². The Balaban J connectivity index is 1.71. The summed E-state index contributed by atoms with van der Waals surface area (Å²) in [5.74, 6) is -0.719. The molecule has 0 saturated carbocycles. The van der Waals surface area contributed by atoms with Gasteiger partial charge in [0.15, 0.2) is 0 Å². The van der Waals surface area contributed by atoms with E-state index in [0.717, 1.165) is 4.70 Å². The molecular weight excluding hydrogens is 390 g/mol. The lowest BCUT2D eigenvalue weighted by atomic mass is 10.2. The molecule has 0 unspecified atom stereocenters. The van der Waals surface area contributed by atoms with E-state index in [1.165, 1.54) is 35.4 Å². The Labute approximate surface area is 163 Å². The Morgan fingerprint density at radius 1 is 1.22 bits per heavy atom. The number of fused-ring (bicyclic) bond motifs is 1. The first kappa shape index (κ1) is 18.8. The summed E-state index contributed by atoms with van der Waals surface area (Å²) in [5, 5.41) is 14.6. The lowest BCUT2D eigenvalue weighted by Crippen LogP contribution is -2.34. The summed E-state index contributed by atoms with van der Waals surface area (Å²) in [6, 6.07) is 12.8. The van der Waals surface area contributed by atoms with Crippen LogP contribution in [0.2, 0.25) is 5.02 Å². The maximum Gasteiger partial charge on any atom is 0.270 e. The van der Waals surface area contributed by atoms with E-state index in [0.29, 0.717) is 21.0 Å². The zero-order chi connectivity index (χ0) is 19.6. The fourth-order valence-electron chi connectivity index (χ4n) is 2.48. The number of thiophene rings is 1. The molecule has 0 aliphatic carbocycles. The van der Waals surface area contributed by atoms with Crippen molar-refractivity contribution in [1.82, 2.24) is 4.90 Å². The molecule has 3 rings (SSSR count). The molecule has 0 fully saturated rings. The molecule has 9 heteroatoms. The number of halogens is 1. The van der Waals surface area contributed by atoms with Crippen molar-refractivity contribution in [3.05, 3.63) is 68.5 Å². The second-order valence-corrected chi connectivity index (χ2v) is 7.27. The largest absolute Gasteiger partial charge is 0.332 e. The first-order chi connectivity index (χ1) is 12.8. The van der Waals surface area contributed by atoms with Crippen LogP contribution in [0.1, 0.15) is 9.67 Å². The van der Waals surface area contributed by atoms with Gasteiger partial charge in [-0.15, -0.1) is 11.3 Å². The number of nitro groups is 1. The molecule has 1 heterocycles. The van der Waals surface area contributed by atoms with Crippen molar-refractivity contribution in [3.8, 4) is 0 Å². The zero-order valence-electron chi connectivity index (χ0n) is 14.1. The molecule has 2 amide bonds. The predicted molar refractivity (Wildman–Crippen MR) is 106 cm³/mol. The van der Waals surface area contributed by atoms with Gasteiger partial charge in [0, 0.05) is 29.3 Å². The molecule has 0 spiro atoms. The molecule has 0 atom stereocenters. The molecule has 0 aliphatic heterocycles. The van der Waals surface area contributed by atoms with E-state index >= 15 is 0 Å². The minimum Gasteiger partial charge on any atom is -0.332 e. The Morgan fingerprint density at radius 3 is 2.67 bits per heavy atom. The first-order valence-electron chi connectivity index (χ1n) is 7.83. The van der Waals surface area contributed by atoms with Gasteiger partial charge in [-0.2, -0.15) is 0 Å². The summed E-state index contributed by atoms with van der Waals surface area (Å²) in [5.41, 5.74) is 0.436. The first-order valence-corrected chi connectivity index (χ1v) is 9.02. The number of hydrogen-bond donors (Lipinski definition) is 1. The second-order valence-electron chi connectivity index (χ2n) is 5.78. The zero-order valence-corrected chi connectivity index (χ0v) is 15.7. The highest BCUT2D eigenvalue weighted by atomic mass is 35.5. The van der Waals surface area contributed by atoms with Crippen molar-refractivity contribution >= 4 is 56.2 Å². The summed E-state index contributed by atoms with van der Waals surface area (Å²) < 4.78 is 0.762. The molecular formula is C18H14ClN3O4S. The van der Waals surface area contributed by atoms with E-state index in [1.807, 2.05) is 0 Å². The number of benzene rings is 2. The molecule has 2 aromatic carbocycles. The third-order valence-electron chi connectivity index (χ3n) is 3.80. The summed E-state index contributed by atoms with van der Waals surface area (Å²) in [6.07, 6.45) is 0. The van der Waals surface area contributed by atoms with Gasteiger partial charge in [0.05, 0.1) is 27.1 Å². The van der Waals surface area contributed by atoms with Crippen LogP contribution in [-0.2, 0) is 4.79 Å². The maximum atomic E-state index is 12.6. The Bertz CT molecular complexity index is 1050. The van der Waals surface area contributed by atoms with Crippen LogP contribution < -0.4 is 5.32 Å². The summed E-state index contributed by atoms with van der Waals surface area (Å²) in [6.45, 7) is -0.154. The van der Waals surface area contributed by atoms with Gasteiger partial charge in [-0.05, 0) is 24.3 Å². The number of likely N-dealkylation sites (N-methyl/N-ethyl adjacent to an activating group) is 1. The summed E-state index contributed by atoms with van der Waals surface area (Å²) in [7, 11) is 1.52. The highest BCUT2D eigenvalue weighted by Crippen LogP contribution is 2.29. The number of nitro benzene ring substituents is 1. The number of anilines is 1. The van der Waals surface area contributed by atoms with E-state index in [1.54, 1.807) is 36.4 Å². The van der Waals surface area contributed by atoms with Gasteiger partial charge in [0.1, 0.15) is 0 Å². The van der Waals surface area contributed by atoms with Crippen molar-refractivity contribution in [2.75, 3.05) is 18.9 Å². The monoisotopic (exact) mass is 403 g/mol. The maximum absolute atomic E-state index is 12.6. The van der Waals surface area contributed by atoms with Crippen molar-refractivity contribution in [1.29, 1.82) is 0 Å². The highest BCUT2D eigenvalue weighted by Gasteiger charge is 2.19. The Hall–Kier alpha value is -2.97. The fourth-order valence-corrected chi connectivity index (χ4v) is 3.70. The standard InChI is InChI=1S/C18H14ClN3O4S/c1-21(10-17(23)20-14-5-3-2-4-13(14)19)18(24)16-9-11-8-12(22(25)26)6-7-15(11)27-16/h2-9H,10H2,1H3,(H,20,23). The van der Waals surface area contributed by atoms with E-state index < -0.39 is 4.92 Å². The number of nitrogens with one attached hydrogen (secondary N) is 1. The van der Waals surface area contributed by atoms with Crippen LogP contribution in [-0.4, -0.2) is 35.2 Å². The Morgan fingerprint density at radius 2 is 1.96 bits per heavy atom. The number of non-ortho nitro benzene ring substituents is 1. The second kappa shape index (κ2) is 7.73. The van der Waals surface area contributed by atoms with Crippen molar-refractivity contribution in [3.63, 3.8) is 0 Å². The fraction of sp³-hybridized carbons (Fsp3) is 0.111. The third-order valence-corrected chi connectivity index (χ3v) is 5.23. The van der Waals surface area contributed by atoms with Crippen molar-refractivity contribution in [2.45, 2.75) is 0 Å². The lowest BCUT2D eigenvalue weighted by molar-refractivity contribution is -0.384. The minimum atomic E-state index is -0.482. The molecule has 0 bridgehead atoms. The molecule has 1 N–H and O–H groups in total. The van der Waals surface area contributed by atoms with Crippen LogP contribution in [0, 0.1) is 10.1 Å². The molecule has 0 aliphatic rings. The van der Waals surface area contributed by atoms with Crippen LogP contribution in [0.3, 0.4) is 0 Å². The van der Waals surface area contributed by atoms with E-state index in [9.17, 15) is 19.7 Å². The molecule has 138 valence electrons. The number of carbonyl (C=O) groups excluding carboxylic acids is 2. The molecule has 0 saturated heterocycles. The van der Waals surface area contributed by atoms with E-state index in [-0.39, 0.29) is 24.0 Å². The lowest BCUT2D eigenvalue weighted by Gasteiger charge is -2.16. The average molecular weight is 404 g/mol. The Kier molecular flexibility index (Phi) is 5.38. The number of nitrogens with zero attached hydrogens (tertiary/aromatic N) is 2. The van der Waals surface area contributed by atoms with E-state index in [4.69, 9.17) is 11.6 Å². The number of rotatable bonds is 5. The van der Waals surface area contributed by atoms with Gasteiger partial charge >= 0.3 is 0 Å². The molecule has 3 aromatic rings. The van der Waals surface area contributed by atoms with Gasteiger partial charge in [0.25, 0.3) is 11.6 Å². The van der Waals surface area contributed by atoms with Crippen molar-refractivity contribution < 1.29 is 14.5 Å². The summed E-state index contributed by atoms with van der Waals surface area (Å²) >= 11 is 7.22. The van der Waals surface area contributed by atoms with Crippen LogP contribution in [0.25, 0.3) is 10.1 Å². The van der Waals surface area contributed by atoms with Gasteiger partial charge in [-0.1, -0.05) is 23.7 Å². The number of hydrogen-bond acceptors (Lipinski definition) is 5. The quantitative estimate of drug-likeness (QED) is 0.511. The van der Waals surface area contributed by atoms with Gasteiger partial charge in [-0.3, -0.25) is 19.7 Å². The van der Waals surface area contributed by atoms with Gasteiger partial charge in [0.2, 0.25) is 5.91 Å². The van der Waals surface area contributed by atoms with Gasteiger partial charge < -0.3 is 10.2 Å². The van der Waals surface area contributed by atoms with E-state index in [2.05, 4.69) is 5.32 Å². The molecule has 7 nitrogen and oxygen atoms in total.